The number of aliphatic hydroxyl groups excluding tert-OH is 1. The summed E-state index contributed by atoms with van der Waals surface area (Å²) in [5, 5.41) is 22.6. The standard InChI is InChI=1S/C9H16N2O4S/c12-7(8(13)14)1-3-10-9(15)11-6-2-4-16-5-6/h6-7,12H,1-5H2,(H,13,14)(H2,10,11,15)/t6?,7-/m0/s1. The summed E-state index contributed by atoms with van der Waals surface area (Å²) in [5.74, 6) is 0.711. The average molecular weight is 248 g/mol. The van der Waals surface area contributed by atoms with Crippen LogP contribution in [0.4, 0.5) is 4.79 Å². The van der Waals surface area contributed by atoms with Crippen LogP contribution in [0, 0.1) is 0 Å². The molecule has 1 unspecified atom stereocenters. The first-order chi connectivity index (χ1) is 7.59. The lowest BCUT2D eigenvalue weighted by molar-refractivity contribution is -0.146. The molecule has 1 heterocycles. The predicted molar refractivity (Wildman–Crippen MR) is 60.5 cm³/mol. The topological polar surface area (TPSA) is 98.7 Å². The SMILES string of the molecule is O=C(NCC[C@H](O)C(=O)O)NC1CCSC1. The van der Waals surface area contributed by atoms with Crippen molar-refractivity contribution in [3.63, 3.8) is 0 Å². The number of aliphatic carboxylic acids is 1. The molecule has 1 rings (SSSR count). The van der Waals surface area contributed by atoms with E-state index in [2.05, 4.69) is 10.6 Å². The van der Waals surface area contributed by atoms with Gasteiger partial charge in [0.05, 0.1) is 0 Å². The van der Waals surface area contributed by atoms with Crippen molar-refractivity contribution in [1.82, 2.24) is 10.6 Å². The van der Waals surface area contributed by atoms with E-state index >= 15 is 0 Å². The van der Waals surface area contributed by atoms with E-state index in [4.69, 9.17) is 10.2 Å². The lowest BCUT2D eigenvalue weighted by atomic mass is 10.2. The number of aliphatic hydroxyl groups is 1. The number of hydrogen-bond acceptors (Lipinski definition) is 4. The summed E-state index contributed by atoms with van der Waals surface area (Å²) in [4.78, 5) is 21.6. The number of carbonyl (C=O) groups is 2. The normalized spacial score (nSPS) is 21.4. The first-order valence-electron chi connectivity index (χ1n) is 5.12. The van der Waals surface area contributed by atoms with Crippen LogP contribution in [-0.4, -0.2) is 52.4 Å². The van der Waals surface area contributed by atoms with Crippen molar-refractivity contribution >= 4 is 23.8 Å². The van der Waals surface area contributed by atoms with Crippen molar-refractivity contribution in [2.75, 3.05) is 18.1 Å². The number of rotatable bonds is 5. The van der Waals surface area contributed by atoms with Crippen molar-refractivity contribution in [2.45, 2.75) is 25.0 Å². The fourth-order valence-electron chi connectivity index (χ4n) is 1.33. The molecule has 92 valence electrons. The molecule has 1 aliphatic heterocycles. The van der Waals surface area contributed by atoms with Crippen molar-refractivity contribution in [2.24, 2.45) is 0 Å². The van der Waals surface area contributed by atoms with Crippen molar-refractivity contribution < 1.29 is 19.8 Å². The van der Waals surface area contributed by atoms with Crippen molar-refractivity contribution in [3.8, 4) is 0 Å². The third-order valence-corrected chi connectivity index (χ3v) is 3.42. The molecule has 0 bridgehead atoms. The van der Waals surface area contributed by atoms with Crippen LogP contribution >= 0.6 is 11.8 Å². The smallest absolute Gasteiger partial charge is 0.332 e. The summed E-state index contributed by atoms with van der Waals surface area (Å²) < 4.78 is 0. The van der Waals surface area contributed by atoms with E-state index in [0.29, 0.717) is 0 Å². The maximum Gasteiger partial charge on any atom is 0.332 e. The molecule has 2 amide bonds. The fraction of sp³-hybridized carbons (Fsp3) is 0.778. The van der Waals surface area contributed by atoms with Gasteiger partial charge in [0.2, 0.25) is 0 Å². The number of thioether (sulfide) groups is 1. The molecule has 7 heteroatoms. The molecule has 1 fully saturated rings. The van der Waals surface area contributed by atoms with Crippen LogP contribution < -0.4 is 10.6 Å². The largest absolute Gasteiger partial charge is 0.479 e. The Morgan fingerprint density at radius 3 is 2.81 bits per heavy atom. The molecule has 0 aromatic rings. The predicted octanol–water partition coefficient (Wildman–Crippen LogP) is -0.373. The molecule has 0 spiro atoms. The molecule has 0 aromatic heterocycles. The van der Waals surface area contributed by atoms with Gasteiger partial charge in [-0.15, -0.1) is 0 Å². The zero-order valence-corrected chi connectivity index (χ0v) is 9.63. The molecule has 0 aromatic carbocycles. The summed E-state index contributed by atoms with van der Waals surface area (Å²) in [7, 11) is 0. The molecule has 6 nitrogen and oxygen atoms in total. The van der Waals surface area contributed by atoms with Gasteiger partial charge < -0.3 is 20.8 Å². The van der Waals surface area contributed by atoms with Gasteiger partial charge in [0.25, 0.3) is 0 Å². The Hall–Kier alpha value is -0.950. The van der Waals surface area contributed by atoms with E-state index in [-0.39, 0.29) is 25.0 Å². The first kappa shape index (κ1) is 13.1. The minimum Gasteiger partial charge on any atom is -0.479 e. The van der Waals surface area contributed by atoms with E-state index < -0.39 is 12.1 Å². The van der Waals surface area contributed by atoms with Gasteiger partial charge in [-0.25, -0.2) is 9.59 Å². The number of amides is 2. The van der Waals surface area contributed by atoms with Gasteiger partial charge in [-0.3, -0.25) is 0 Å². The van der Waals surface area contributed by atoms with Gasteiger partial charge in [-0.05, 0) is 12.2 Å². The zero-order valence-electron chi connectivity index (χ0n) is 8.81. The van der Waals surface area contributed by atoms with Gasteiger partial charge in [-0.2, -0.15) is 11.8 Å². The molecule has 0 saturated carbocycles. The molecule has 4 N–H and O–H groups in total. The van der Waals surface area contributed by atoms with E-state index in [1.54, 1.807) is 11.8 Å². The van der Waals surface area contributed by atoms with Crippen LogP contribution in [0.1, 0.15) is 12.8 Å². The van der Waals surface area contributed by atoms with Gasteiger partial charge in [0.15, 0.2) is 6.10 Å². The highest BCUT2D eigenvalue weighted by molar-refractivity contribution is 7.99. The van der Waals surface area contributed by atoms with E-state index in [0.717, 1.165) is 17.9 Å². The second-order valence-corrected chi connectivity index (χ2v) is 4.75. The van der Waals surface area contributed by atoms with Crippen LogP contribution in [0.15, 0.2) is 0 Å². The highest BCUT2D eigenvalue weighted by atomic mass is 32.2. The number of carbonyl (C=O) groups excluding carboxylic acids is 1. The number of carboxylic acid groups (broad SMARTS) is 1. The molecule has 2 atom stereocenters. The first-order valence-corrected chi connectivity index (χ1v) is 6.28. The number of nitrogens with one attached hydrogen (secondary N) is 2. The van der Waals surface area contributed by atoms with Crippen LogP contribution in [0.5, 0.6) is 0 Å². The summed E-state index contributed by atoms with van der Waals surface area (Å²) >= 11 is 1.80. The van der Waals surface area contributed by atoms with E-state index in [1.165, 1.54) is 0 Å². The van der Waals surface area contributed by atoms with Gasteiger partial charge in [0, 0.05) is 24.8 Å². The highest BCUT2D eigenvalue weighted by Gasteiger charge is 2.18. The lowest BCUT2D eigenvalue weighted by Crippen LogP contribution is -2.43. The minimum atomic E-state index is -1.41. The molecule has 1 saturated heterocycles. The number of urea groups is 1. The third-order valence-electron chi connectivity index (χ3n) is 2.25. The number of carboxylic acids is 1. The van der Waals surface area contributed by atoms with Crippen LogP contribution in [0.2, 0.25) is 0 Å². The summed E-state index contributed by atoms with van der Waals surface area (Å²) in [5.41, 5.74) is 0. The maximum atomic E-state index is 11.3. The van der Waals surface area contributed by atoms with Gasteiger partial charge in [-0.1, -0.05) is 0 Å². The molecule has 16 heavy (non-hydrogen) atoms. The summed E-state index contributed by atoms with van der Waals surface area (Å²) in [6.45, 7) is 0.152. The monoisotopic (exact) mass is 248 g/mol. The Labute approximate surface area is 97.8 Å². The summed E-state index contributed by atoms with van der Waals surface area (Å²) in [6.07, 6.45) is -0.430. The second kappa shape index (κ2) is 6.59. The molecule has 1 aliphatic rings. The molecular weight excluding hydrogens is 232 g/mol. The van der Waals surface area contributed by atoms with E-state index in [9.17, 15) is 9.59 Å². The Balaban J connectivity index is 2.08. The quantitative estimate of drug-likeness (QED) is 0.532. The van der Waals surface area contributed by atoms with Gasteiger partial charge >= 0.3 is 12.0 Å². The van der Waals surface area contributed by atoms with Crippen LogP contribution in [-0.2, 0) is 4.79 Å². The van der Waals surface area contributed by atoms with Crippen molar-refractivity contribution in [3.05, 3.63) is 0 Å². The Bertz CT molecular complexity index is 256. The lowest BCUT2D eigenvalue weighted by Gasteiger charge is -2.12. The fourth-order valence-corrected chi connectivity index (χ4v) is 2.48. The Morgan fingerprint density at radius 1 is 1.50 bits per heavy atom. The zero-order chi connectivity index (χ0) is 12.0. The van der Waals surface area contributed by atoms with Crippen molar-refractivity contribution in [1.29, 1.82) is 0 Å². The van der Waals surface area contributed by atoms with Crippen LogP contribution in [0.3, 0.4) is 0 Å². The number of hydrogen-bond donors (Lipinski definition) is 4. The molecule has 0 aliphatic carbocycles. The minimum absolute atomic E-state index is 0.0160. The second-order valence-electron chi connectivity index (χ2n) is 3.60. The summed E-state index contributed by atoms with van der Waals surface area (Å²) in [6, 6.07) is -0.0977. The highest BCUT2D eigenvalue weighted by Crippen LogP contribution is 2.16. The average Bonchev–Trinajstić information content (AvgIpc) is 2.70. The Kier molecular flexibility index (Phi) is 5.41. The molecular formula is C9H16N2O4S. The van der Waals surface area contributed by atoms with Crippen LogP contribution in [0.25, 0.3) is 0 Å². The van der Waals surface area contributed by atoms with E-state index in [1.807, 2.05) is 0 Å². The third kappa shape index (κ3) is 4.71. The van der Waals surface area contributed by atoms with Gasteiger partial charge in [0.1, 0.15) is 0 Å². The Morgan fingerprint density at radius 2 is 2.25 bits per heavy atom. The maximum absolute atomic E-state index is 11.3. The molecule has 0 radical (unpaired) electrons.